The largest absolute Gasteiger partial charge is 0.382 e. The van der Waals surface area contributed by atoms with Crippen LogP contribution >= 0.6 is 0 Å². The summed E-state index contributed by atoms with van der Waals surface area (Å²) in [6.07, 6.45) is 1.29. The molecule has 7 nitrogen and oxygen atoms in total. The van der Waals surface area contributed by atoms with E-state index in [1.807, 2.05) is 0 Å². The van der Waals surface area contributed by atoms with Crippen LogP contribution in [0.4, 0.5) is 0 Å². The van der Waals surface area contributed by atoms with Gasteiger partial charge in [-0.05, 0) is 6.42 Å². The fraction of sp³-hybridized carbons (Fsp3) is 0.667. The second kappa shape index (κ2) is 6.19. The molecule has 1 atom stereocenters. The Morgan fingerprint density at radius 2 is 2.50 bits per heavy atom. The maximum atomic E-state index is 10.6. The van der Waals surface area contributed by atoms with Crippen molar-refractivity contribution >= 4 is 5.91 Å². The Morgan fingerprint density at radius 1 is 1.75 bits per heavy atom. The van der Waals surface area contributed by atoms with E-state index in [0.717, 1.165) is 18.8 Å². The molecular weight excluding hydrogens is 210 g/mol. The first-order valence-electron chi connectivity index (χ1n) is 5.20. The van der Waals surface area contributed by atoms with Crippen LogP contribution in [0.5, 0.6) is 0 Å². The summed E-state index contributed by atoms with van der Waals surface area (Å²) >= 11 is 0. The van der Waals surface area contributed by atoms with Crippen molar-refractivity contribution in [1.82, 2.24) is 20.1 Å². The van der Waals surface area contributed by atoms with Gasteiger partial charge in [-0.2, -0.15) is 5.10 Å². The molecule has 0 fully saturated rings. The average molecular weight is 227 g/mol. The van der Waals surface area contributed by atoms with E-state index in [2.05, 4.69) is 22.3 Å². The molecule has 0 aliphatic carbocycles. The quantitative estimate of drug-likeness (QED) is 0.532. The van der Waals surface area contributed by atoms with Gasteiger partial charge < -0.3 is 16.2 Å². The van der Waals surface area contributed by atoms with Crippen LogP contribution in [0.1, 0.15) is 19.2 Å². The van der Waals surface area contributed by atoms with Gasteiger partial charge in [0.1, 0.15) is 18.3 Å². The number of nitrogens with two attached hydrogens (primary N) is 1. The Labute approximate surface area is 93.7 Å². The van der Waals surface area contributed by atoms with Crippen molar-refractivity contribution in [3.8, 4) is 0 Å². The Morgan fingerprint density at radius 3 is 3.12 bits per heavy atom. The summed E-state index contributed by atoms with van der Waals surface area (Å²) in [5.74, 6) is 0.0426. The minimum Gasteiger partial charge on any atom is -0.382 e. The molecule has 1 heterocycles. The number of hydrogen-bond acceptors (Lipinski definition) is 5. The van der Waals surface area contributed by atoms with Crippen molar-refractivity contribution < 1.29 is 9.90 Å². The molecule has 0 aromatic carbocycles. The minimum absolute atomic E-state index is 0.119. The van der Waals surface area contributed by atoms with E-state index in [4.69, 9.17) is 10.8 Å². The van der Waals surface area contributed by atoms with Crippen molar-refractivity contribution in [1.29, 1.82) is 0 Å². The predicted octanol–water partition coefficient (Wildman–Crippen LogP) is -1.38. The lowest BCUT2D eigenvalue weighted by molar-refractivity contribution is -0.125. The molecule has 0 bridgehead atoms. The Hall–Kier alpha value is -1.47. The number of aromatic nitrogens is 3. The van der Waals surface area contributed by atoms with Crippen LogP contribution in [-0.2, 0) is 17.9 Å². The highest BCUT2D eigenvalue weighted by Crippen LogP contribution is 1.95. The van der Waals surface area contributed by atoms with Crippen molar-refractivity contribution in [3.63, 3.8) is 0 Å². The Bertz CT molecular complexity index is 338. The van der Waals surface area contributed by atoms with Crippen LogP contribution in [0.15, 0.2) is 6.33 Å². The molecule has 0 aliphatic heterocycles. The number of carbonyl (C=O) groups excluding carboxylic acids is 1. The highest BCUT2D eigenvalue weighted by molar-refractivity contribution is 5.78. The van der Waals surface area contributed by atoms with Gasteiger partial charge in [-0.3, -0.25) is 4.79 Å². The molecule has 1 amide bonds. The number of carbonyl (C=O) groups is 1. The number of aliphatic hydroxyl groups is 1. The molecule has 4 N–H and O–H groups in total. The molecule has 0 saturated heterocycles. The van der Waals surface area contributed by atoms with Gasteiger partial charge in [-0.25, -0.2) is 9.67 Å². The van der Waals surface area contributed by atoms with Crippen LogP contribution in [0.3, 0.4) is 0 Å². The summed E-state index contributed by atoms with van der Waals surface area (Å²) in [6.45, 7) is 3.42. The minimum atomic E-state index is -1.16. The Kier molecular flexibility index (Phi) is 4.87. The van der Waals surface area contributed by atoms with Gasteiger partial charge in [0.25, 0.3) is 0 Å². The summed E-state index contributed by atoms with van der Waals surface area (Å²) < 4.78 is 1.78. The molecule has 1 unspecified atom stereocenters. The number of rotatable bonds is 7. The first-order chi connectivity index (χ1) is 7.65. The van der Waals surface area contributed by atoms with Crippen LogP contribution in [-0.4, -0.2) is 38.4 Å². The second-order valence-electron chi connectivity index (χ2n) is 3.45. The lowest BCUT2D eigenvalue weighted by atomic mass is 10.3. The van der Waals surface area contributed by atoms with Crippen LogP contribution in [0.25, 0.3) is 0 Å². The fourth-order valence-electron chi connectivity index (χ4n) is 1.24. The molecular formula is C9H17N5O2. The number of nitrogens with zero attached hydrogens (tertiary/aromatic N) is 3. The molecule has 0 spiro atoms. The molecule has 0 saturated carbocycles. The van der Waals surface area contributed by atoms with E-state index in [9.17, 15) is 4.79 Å². The maximum absolute atomic E-state index is 10.6. The lowest BCUT2D eigenvalue weighted by Gasteiger charge is -2.08. The summed E-state index contributed by atoms with van der Waals surface area (Å²) in [7, 11) is 0. The molecule has 1 aromatic heterocycles. The highest BCUT2D eigenvalue weighted by atomic mass is 16.3. The molecule has 7 heteroatoms. The zero-order valence-electron chi connectivity index (χ0n) is 9.26. The van der Waals surface area contributed by atoms with E-state index >= 15 is 0 Å². The first kappa shape index (κ1) is 12.6. The monoisotopic (exact) mass is 227 g/mol. The average Bonchev–Trinajstić information content (AvgIpc) is 2.66. The number of nitrogens with one attached hydrogen (secondary N) is 1. The van der Waals surface area contributed by atoms with E-state index in [0.29, 0.717) is 6.54 Å². The van der Waals surface area contributed by atoms with E-state index < -0.39 is 12.0 Å². The van der Waals surface area contributed by atoms with Crippen molar-refractivity contribution in [2.24, 2.45) is 5.73 Å². The second-order valence-corrected chi connectivity index (χ2v) is 3.45. The van der Waals surface area contributed by atoms with Crippen molar-refractivity contribution in [3.05, 3.63) is 12.2 Å². The summed E-state index contributed by atoms with van der Waals surface area (Å²) in [5, 5.41) is 16.1. The number of aliphatic hydroxyl groups excluding tert-OH is 1. The topological polar surface area (TPSA) is 106 Å². The summed E-state index contributed by atoms with van der Waals surface area (Å²) in [5.41, 5.74) is 4.91. The van der Waals surface area contributed by atoms with Gasteiger partial charge >= 0.3 is 0 Å². The molecule has 90 valence electrons. The smallest absolute Gasteiger partial charge is 0.247 e. The standard InChI is InChI=1S/C9H17N5O2/c1-2-3-14-8(12-6-13-14)5-11-4-7(15)9(10)16/h6-7,11,15H,2-5H2,1H3,(H2,10,16). The van der Waals surface area contributed by atoms with Gasteiger partial charge in [-0.15, -0.1) is 0 Å². The van der Waals surface area contributed by atoms with Gasteiger partial charge in [0.05, 0.1) is 6.54 Å². The SMILES string of the molecule is CCCn1ncnc1CNCC(O)C(N)=O. The number of amides is 1. The number of aryl methyl sites for hydroxylation is 1. The number of primary amides is 1. The normalized spacial score (nSPS) is 12.6. The van der Waals surface area contributed by atoms with Crippen LogP contribution in [0.2, 0.25) is 0 Å². The Balaban J connectivity index is 2.36. The van der Waals surface area contributed by atoms with Crippen LogP contribution in [0, 0.1) is 0 Å². The molecule has 0 aliphatic rings. The van der Waals surface area contributed by atoms with E-state index in [-0.39, 0.29) is 6.54 Å². The maximum Gasteiger partial charge on any atom is 0.247 e. The third kappa shape index (κ3) is 3.59. The van der Waals surface area contributed by atoms with Crippen LogP contribution < -0.4 is 11.1 Å². The number of hydrogen-bond donors (Lipinski definition) is 3. The lowest BCUT2D eigenvalue weighted by Crippen LogP contribution is -2.37. The molecule has 16 heavy (non-hydrogen) atoms. The summed E-state index contributed by atoms with van der Waals surface area (Å²) in [6, 6.07) is 0. The summed E-state index contributed by atoms with van der Waals surface area (Å²) in [4.78, 5) is 14.6. The van der Waals surface area contributed by atoms with E-state index in [1.165, 1.54) is 6.33 Å². The fourth-order valence-corrected chi connectivity index (χ4v) is 1.24. The van der Waals surface area contributed by atoms with Gasteiger partial charge in [-0.1, -0.05) is 6.92 Å². The van der Waals surface area contributed by atoms with Crippen molar-refractivity contribution in [2.45, 2.75) is 32.5 Å². The van der Waals surface area contributed by atoms with Gasteiger partial charge in [0, 0.05) is 13.1 Å². The highest BCUT2D eigenvalue weighted by Gasteiger charge is 2.10. The molecule has 0 radical (unpaired) electrons. The van der Waals surface area contributed by atoms with Crippen molar-refractivity contribution in [2.75, 3.05) is 6.54 Å². The first-order valence-corrected chi connectivity index (χ1v) is 5.20. The molecule has 1 aromatic rings. The zero-order valence-corrected chi connectivity index (χ0v) is 9.26. The predicted molar refractivity (Wildman–Crippen MR) is 57.2 cm³/mol. The van der Waals surface area contributed by atoms with Gasteiger partial charge in [0.15, 0.2) is 0 Å². The zero-order chi connectivity index (χ0) is 12.0. The molecule has 1 rings (SSSR count). The van der Waals surface area contributed by atoms with Gasteiger partial charge in [0.2, 0.25) is 5.91 Å². The third-order valence-corrected chi connectivity index (χ3v) is 2.08. The third-order valence-electron chi connectivity index (χ3n) is 2.08. The van der Waals surface area contributed by atoms with E-state index in [1.54, 1.807) is 4.68 Å².